The minimum Gasteiger partial charge on any atom is -0.338 e. The molecule has 0 aromatic heterocycles. The van der Waals surface area contributed by atoms with Gasteiger partial charge in [0.05, 0.1) is 5.92 Å². The quantitative estimate of drug-likeness (QED) is 0.651. The number of halogens is 1. The SMILES string of the molecule is O=C([C@@H]1C[C@H]1F)N1C[C@H]2CNC[C@@H]1C2. The second-order valence-electron chi connectivity index (χ2n) is 4.76. The first-order valence-electron chi connectivity index (χ1n) is 5.41. The number of hydrogen-bond donors (Lipinski definition) is 1. The van der Waals surface area contributed by atoms with Crippen LogP contribution in [0.4, 0.5) is 4.39 Å². The van der Waals surface area contributed by atoms with Crippen LogP contribution in [0.5, 0.6) is 0 Å². The summed E-state index contributed by atoms with van der Waals surface area (Å²) in [5.74, 6) is 0.373. The number of fused-ring (bicyclic) bond motifs is 2. The summed E-state index contributed by atoms with van der Waals surface area (Å²) in [6.07, 6.45) is 0.721. The lowest BCUT2D eigenvalue weighted by atomic mass is 10.0. The number of rotatable bonds is 1. The lowest BCUT2D eigenvalue weighted by molar-refractivity contribution is -0.133. The molecule has 0 radical (unpaired) electrons. The molecule has 2 saturated heterocycles. The van der Waals surface area contributed by atoms with Gasteiger partial charge < -0.3 is 10.2 Å². The van der Waals surface area contributed by atoms with Crippen molar-refractivity contribution in [2.45, 2.75) is 25.1 Å². The molecule has 3 fully saturated rings. The molecule has 1 saturated carbocycles. The molecule has 14 heavy (non-hydrogen) atoms. The molecule has 1 N–H and O–H groups in total. The Hall–Kier alpha value is -0.640. The lowest BCUT2D eigenvalue weighted by Crippen LogP contribution is -2.42. The first kappa shape index (κ1) is 8.65. The number of piperidine rings is 1. The van der Waals surface area contributed by atoms with Gasteiger partial charge in [0.15, 0.2) is 0 Å². The average molecular weight is 198 g/mol. The summed E-state index contributed by atoms with van der Waals surface area (Å²) in [6.45, 7) is 2.76. The monoisotopic (exact) mass is 198 g/mol. The Morgan fingerprint density at radius 1 is 1.36 bits per heavy atom. The Bertz CT molecular complexity index is 271. The molecule has 3 nitrogen and oxygen atoms in total. The second kappa shape index (κ2) is 2.92. The molecule has 1 amide bonds. The molecule has 2 aliphatic heterocycles. The van der Waals surface area contributed by atoms with E-state index in [9.17, 15) is 9.18 Å². The van der Waals surface area contributed by atoms with E-state index in [4.69, 9.17) is 0 Å². The summed E-state index contributed by atoms with van der Waals surface area (Å²) >= 11 is 0. The largest absolute Gasteiger partial charge is 0.338 e. The van der Waals surface area contributed by atoms with Crippen LogP contribution in [0, 0.1) is 11.8 Å². The summed E-state index contributed by atoms with van der Waals surface area (Å²) in [4.78, 5) is 13.7. The van der Waals surface area contributed by atoms with Crippen molar-refractivity contribution in [2.24, 2.45) is 11.8 Å². The molecule has 0 aromatic carbocycles. The number of carbonyl (C=O) groups is 1. The first-order chi connectivity index (χ1) is 6.75. The molecule has 0 unspecified atom stereocenters. The number of amides is 1. The van der Waals surface area contributed by atoms with Gasteiger partial charge in [0, 0.05) is 19.1 Å². The van der Waals surface area contributed by atoms with Crippen LogP contribution in [0.25, 0.3) is 0 Å². The normalized spacial score (nSPS) is 45.4. The van der Waals surface area contributed by atoms with Gasteiger partial charge >= 0.3 is 0 Å². The zero-order valence-electron chi connectivity index (χ0n) is 8.08. The molecule has 4 atom stereocenters. The number of nitrogens with zero attached hydrogens (tertiary/aromatic N) is 1. The van der Waals surface area contributed by atoms with Crippen molar-refractivity contribution in [2.75, 3.05) is 19.6 Å². The summed E-state index contributed by atoms with van der Waals surface area (Å²) in [5.41, 5.74) is 0. The van der Waals surface area contributed by atoms with Gasteiger partial charge in [0.2, 0.25) is 5.91 Å². The zero-order chi connectivity index (χ0) is 9.71. The highest BCUT2D eigenvalue weighted by molar-refractivity contribution is 5.82. The molecule has 0 spiro atoms. The van der Waals surface area contributed by atoms with Crippen LogP contribution in [-0.4, -0.2) is 42.7 Å². The fourth-order valence-electron chi connectivity index (χ4n) is 2.71. The summed E-state index contributed by atoms with van der Waals surface area (Å²) in [7, 11) is 0. The van der Waals surface area contributed by atoms with E-state index in [0.717, 1.165) is 26.1 Å². The van der Waals surface area contributed by atoms with Gasteiger partial charge in [-0.2, -0.15) is 0 Å². The first-order valence-corrected chi connectivity index (χ1v) is 5.41. The third kappa shape index (κ3) is 1.24. The lowest BCUT2D eigenvalue weighted by Gasteiger charge is -2.24. The van der Waals surface area contributed by atoms with E-state index in [1.165, 1.54) is 0 Å². The fraction of sp³-hybridized carbons (Fsp3) is 0.900. The molecule has 78 valence electrons. The van der Waals surface area contributed by atoms with Crippen molar-refractivity contribution in [3.05, 3.63) is 0 Å². The van der Waals surface area contributed by atoms with Crippen molar-refractivity contribution in [1.29, 1.82) is 0 Å². The molecule has 3 aliphatic rings. The molecule has 2 heterocycles. The summed E-state index contributed by atoms with van der Waals surface area (Å²) < 4.78 is 12.8. The van der Waals surface area contributed by atoms with E-state index in [1.807, 2.05) is 4.90 Å². The van der Waals surface area contributed by atoms with Crippen molar-refractivity contribution in [1.82, 2.24) is 10.2 Å². The van der Waals surface area contributed by atoms with Crippen molar-refractivity contribution < 1.29 is 9.18 Å². The van der Waals surface area contributed by atoms with Gasteiger partial charge in [0.25, 0.3) is 0 Å². The predicted molar refractivity (Wildman–Crippen MR) is 49.5 cm³/mol. The van der Waals surface area contributed by atoms with E-state index in [1.54, 1.807) is 0 Å². The van der Waals surface area contributed by atoms with Crippen molar-refractivity contribution in [3.8, 4) is 0 Å². The summed E-state index contributed by atoms with van der Waals surface area (Å²) in [6, 6.07) is 0.342. The molecular formula is C10H15FN2O. The molecule has 1 aliphatic carbocycles. The Morgan fingerprint density at radius 2 is 2.14 bits per heavy atom. The minimum absolute atomic E-state index is 0.0636. The molecule has 4 heteroatoms. The smallest absolute Gasteiger partial charge is 0.229 e. The van der Waals surface area contributed by atoms with E-state index in [2.05, 4.69) is 5.32 Å². The maximum Gasteiger partial charge on any atom is 0.229 e. The standard InChI is InChI=1S/C10H15FN2O/c11-9-2-8(9)10(14)13-5-6-1-7(13)4-12-3-6/h6-9,12H,1-5H2/t6-,7+,8-,9-/m1/s1. The van der Waals surface area contributed by atoms with Crippen molar-refractivity contribution >= 4 is 5.91 Å². The van der Waals surface area contributed by atoms with E-state index in [0.29, 0.717) is 18.4 Å². The maximum absolute atomic E-state index is 12.8. The molecular weight excluding hydrogens is 183 g/mol. The van der Waals surface area contributed by atoms with Gasteiger partial charge in [-0.25, -0.2) is 4.39 Å². The average Bonchev–Trinajstić information content (AvgIpc) is 2.84. The Kier molecular flexibility index (Phi) is 1.81. The van der Waals surface area contributed by atoms with Crippen LogP contribution in [0.15, 0.2) is 0 Å². The van der Waals surface area contributed by atoms with E-state index < -0.39 is 6.17 Å². The Balaban J connectivity index is 1.70. The second-order valence-corrected chi connectivity index (χ2v) is 4.76. The Labute approximate surface area is 82.6 Å². The molecule has 3 rings (SSSR count). The van der Waals surface area contributed by atoms with Crippen LogP contribution in [0.2, 0.25) is 0 Å². The fourth-order valence-corrected chi connectivity index (χ4v) is 2.71. The van der Waals surface area contributed by atoms with Crippen LogP contribution < -0.4 is 5.32 Å². The van der Waals surface area contributed by atoms with Crippen LogP contribution in [-0.2, 0) is 4.79 Å². The number of nitrogens with one attached hydrogen (secondary N) is 1. The van der Waals surface area contributed by atoms with Crippen LogP contribution in [0.1, 0.15) is 12.8 Å². The topological polar surface area (TPSA) is 32.3 Å². The number of carbonyl (C=O) groups excluding carboxylic acids is 1. The van der Waals surface area contributed by atoms with Gasteiger partial charge in [-0.1, -0.05) is 0 Å². The van der Waals surface area contributed by atoms with Crippen LogP contribution >= 0.6 is 0 Å². The minimum atomic E-state index is -0.851. The maximum atomic E-state index is 12.8. The number of likely N-dealkylation sites (tertiary alicyclic amines) is 1. The third-order valence-electron chi connectivity index (χ3n) is 3.63. The highest BCUT2D eigenvalue weighted by Gasteiger charge is 2.49. The highest BCUT2D eigenvalue weighted by atomic mass is 19.1. The van der Waals surface area contributed by atoms with Gasteiger partial charge in [-0.05, 0) is 25.3 Å². The number of alkyl halides is 1. The van der Waals surface area contributed by atoms with Gasteiger partial charge in [-0.15, -0.1) is 0 Å². The molecule has 0 aromatic rings. The Morgan fingerprint density at radius 3 is 2.79 bits per heavy atom. The van der Waals surface area contributed by atoms with E-state index >= 15 is 0 Å². The number of hydrogen-bond acceptors (Lipinski definition) is 2. The third-order valence-corrected chi connectivity index (χ3v) is 3.63. The van der Waals surface area contributed by atoms with Crippen molar-refractivity contribution in [3.63, 3.8) is 0 Å². The van der Waals surface area contributed by atoms with Gasteiger partial charge in [-0.3, -0.25) is 4.79 Å². The van der Waals surface area contributed by atoms with Crippen LogP contribution in [0.3, 0.4) is 0 Å². The van der Waals surface area contributed by atoms with E-state index in [-0.39, 0.29) is 11.8 Å². The summed E-state index contributed by atoms with van der Waals surface area (Å²) in [5, 5.41) is 3.31. The zero-order valence-corrected chi connectivity index (χ0v) is 8.08. The van der Waals surface area contributed by atoms with Gasteiger partial charge in [0.1, 0.15) is 6.17 Å². The predicted octanol–water partition coefficient (Wildman–Crippen LogP) is 0.165. The molecule has 2 bridgehead atoms. The highest BCUT2D eigenvalue weighted by Crippen LogP contribution is 2.38.